The fourth-order valence-corrected chi connectivity index (χ4v) is 2.10. The van der Waals surface area contributed by atoms with Crippen LogP contribution in [0.4, 0.5) is 0 Å². The first-order valence-corrected chi connectivity index (χ1v) is 6.25. The Morgan fingerprint density at radius 1 is 1.00 bits per heavy atom. The highest BCUT2D eigenvalue weighted by atomic mass is 16.2. The highest BCUT2D eigenvalue weighted by Gasteiger charge is 2.32. The van der Waals surface area contributed by atoms with Crippen molar-refractivity contribution in [1.29, 1.82) is 0 Å². The lowest BCUT2D eigenvalue weighted by molar-refractivity contribution is 0.238. The first-order valence-electron chi connectivity index (χ1n) is 6.25. The van der Waals surface area contributed by atoms with E-state index in [-0.39, 0.29) is 0 Å². The summed E-state index contributed by atoms with van der Waals surface area (Å²) in [6, 6.07) is 0.935. The molecule has 0 atom stereocenters. The minimum atomic E-state index is 0.367. The van der Waals surface area contributed by atoms with Crippen molar-refractivity contribution in [3.8, 4) is 0 Å². The number of nitrogens with zero attached hydrogens (tertiary/aromatic N) is 1. The predicted octanol–water partition coefficient (Wildman–Crippen LogP) is 2.02. The lowest BCUT2D eigenvalue weighted by atomic mass is 10.2. The van der Waals surface area contributed by atoms with Gasteiger partial charge < -0.3 is 10.0 Å². The van der Waals surface area contributed by atoms with Crippen LogP contribution in [-0.2, 0) is 0 Å². The van der Waals surface area contributed by atoms with E-state index in [1.165, 1.54) is 51.6 Å². The highest BCUT2D eigenvalue weighted by Crippen LogP contribution is 2.34. The molecule has 0 spiro atoms. The third-order valence-electron chi connectivity index (χ3n) is 3.36. The summed E-state index contributed by atoms with van der Waals surface area (Å²) in [4.78, 5) is 2.70. The van der Waals surface area contributed by atoms with Crippen molar-refractivity contribution in [3.05, 3.63) is 0 Å². The average Bonchev–Trinajstić information content (AvgIpc) is 3.02. The van der Waals surface area contributed by atoms with Crippen molar-refractivity contribution in [2.24, 2.45) is 5.92 Å². The summed E-state index contributed by atoms with van der Waals surface area (Å²) >= 11 is 0. The highest BCUT2D eigenvalue weighted by molar-refractivity contribution is 4.88. The van der Waals surface area contributed by atoms with Crippen molar-refractivity contribution in [3.63, 3.8) is 0 Å². The van der Waals surface area contributed by atoms with Crippen molar-refractivity contribution in [1.82, 2.24) is 4.90 Å². The van der Waals surface area contributed by atoms with Crippen molar-refractivity contribution < 1.29 is 5.11 Å². The summed E-state index contributed by atoms with van der Waals surface area (Å²) in [5.74, 6) is 1.04. The number of rotatable bonds is 8. The Kier molecular flexibility index (Phi) is 3.82. The molecule has 2 rings (SSSR count). The van der Waals surface area contributed by atoms with E-state index in [2.05, 4.69) is 4.90 Å². The van der Waals surface area contributed by atoms with E-state index >= 15 is 0 Å². The van der Waals surface area contributed by atoms with Gasteiger partial charge in [0.25, 0.3) is 0 Å². The zero-order chi connectivity index (χ0) is 9.80. The largest absolute Gasteiger partial charge is 0.396 e. The Morgan fingerprint density at radius 2 is 1.79 bits per heavy atom. The molecular formula is C12H23NO. The molecule has 0 amide bonds. The molecule has 1 N–H and O–H groups in total. The number of aliphatic hydroxyl groups excluding tert-OH is 1. The van der Waals surface area contributed by atoms with Gasteiger partial charge in [-0.05, 0) is 57.4 Å². The zero-order valence-electron chi connectivity index (χ0n) is 9.12. The SMILES string of the molecule is OCCCCCN(CC1CC1)C1CC1. The van der Waals surface area contributed by atoms with Crippen LogP contribution in [-0.4, -0.2) is 35.7 Å². The fraction of sp³-hybridized carbons (Fsp3) is 1.00. The molecule has 82 valence electrons. The van der Waals surface area contributed by atoms with E-state index in [0.717, 1.165) is 18.4 Å². The van der Waals surface area contributed by atoms with Gasteiger partial charge in [0.15, 0.2) is 0 Å². The van der Waals surface area contributed by atoms with E-state index in [4.69, 9.17) is 5.11 Å². The van der Waals surface area contributed by atoms with Gasteiger partial charge in [0.2, 0.25) is 0 Å². The van der Waals surface area contributed by atoms with E-state index in [1.807, 2.05) is 0 Å². The zero-order valence-corrected chi connectivity index (χ0v) is 9.12. The molecule has 2 aliphatic rings. The van der Waals surface area contributed by atoms with Gasteiger partial charge >= 0.3 is 0 Å². The molecule has 14 heavy (non-hydrogen) atoms. The molecular weight excluding hydrogens is 174 g/mol. The van der Waals surface area contributed by atoms with Gasteiger partial charge in [0.05, 0.1) is 0 Å². The summed E-state index contributed by atoms with van der Waals surface area (Å²) in [7, 11) is 0. The molecule has 2 fully saturated rings. The summed E-state index contributed by atoms with van der Waals surface area (Å²) in [5, 5.41) is 8.69. The first kappa shape index (κ1) is 10.4. The summed E-state index contributed by atoms with van der Waals surface area (Å²) in [6.07, 6.45) is 9.29. The van der Waals surface area contributed by atoms with Crippen LogP contribution in [0.15, 0.2) is 0 Å². The number of hydrogen-bond donors (Lipinski definition) is 1. The second-order valence-corrected chi connectivity index (χ2v) is 4.95. The smallest absolute Gasteiger partial charge is 0.0431 e. The van der Waals surface area contributed by atoms with Crippen molar-refractivity contribution in [2.75, 3.05) is 19.7 Å². The van der Waals surface area contributed by atoms with Crippen LogP contribution in [0.2, 0.25) is 0 Å². The maximum Gasteiger partial charge on any atom is 0.0431 e. The molecule has 0 bridgehead atoms. The molecule has 0 aromatic carbocycles. The maximum absolute atomic E-state index is 8.69. The third kappa shape index (κ3) is 3.58. The molecule has 2 aliphatic carbocycles. The number of aliphatic hydroxyl groups is 1. The van der Waals surface area contributed by atoms with Crippen LogP contribution in [0.5, 0.6) is 0 Å². The minimum Gasteiger partial charge on any atom is -0.396 e. The Morgan fingerprint density at radius 3 is 2.36 bits per heavy atom. The van der Waals surface area contributed by atoms with Gasteiger partial charge in [-0.15, -0.1) is 0 Å². The summed E-state index contributed by atoms with van der Waals surface area (Å²) in [6.45, 7) is 3.01. The van der Waals surface area contributed by atoms with Gasteiger partial charge in [-0.2, -0.15) is 0 Å². The fourth-order valence-electron chi connectivity index (χ4n) is 2.10. The van der Waals surface area contributed by atoms with Crippen LogP contribution < -0.4 is 0 Å². The predicted molar refractivity (Wildman–Crippen MR) is 58.3 cm³/mol. The number of unbranched alkanes of at least 4 members (excludes halogenated alkanes) is 2. The van der Waals surface area contributed by atoms with Crippen LogP contribution in [0.1, 0.15) is 44.9 Å². The minimum absolute atomic E-state index is 0.367. The Bertz CT molecular complexity index is 164. The molecule has 0 saturated heterocycles. The Labute approximate surface area is 87.3 Å². The first-order chi connectivity index (χ1) is 6.90. The second-order valence-electron chi connectivity index (χ2n) is 4.95. The standard InChI is InChI=1S/C12H23NO/c14-9-3-1-2-8-13(12-6-7-12)10-11-4-5-11/h11-12,14H,1-10H2. The quantitative estimate of drug-likeness (QED) is 0.602. The van der Waals surface area contributed by atoms with Crippen molar-refractivity contribution in [2.45, 2.75) is 51.0 Å². The molecule has 0 aromatic rings. The molecule has 2 nitrogen and oxygen atoms in total. The maximum atomic E-state index is 8.69. The Balaban J connectivity index is 1.57. The van der Waals surface area contributed by atoms with Gasteiger partial charge in [0.1, 0.15) is 0 Å². The van der Waals surface area contributed by atoms with E-state index in [1.54, 1.807) is 0 Å². The van der Waals surface area contributed by atoms with Crippen LogP contribution in [0.3, 0.4) is 0 Å². The van der Waals surface area contributed by atoms with Gasteiger partial charge in [-0.25, -0.2) is 0 Å². The molecule has 2 saturated carbocycles. The molecule has 0 aliphatic heterocycles. The Hall–Kier alpha value is -0.0800. The van der Waals surface area contributed by atoms with Crippen LogP contribution in [0, 0.1) is 5.92 Å². The molecule has 0 aromatic heterocycles. The number of hydrogen-bond acceptors (Lipinski definition) is 2. The van der Waals surface area contributed by atoms with E-state index in [9.17, 15) is 0 Å². The lowest BCUT2D eigenvalue weighted by Gasteiger charge is -2.21. The lowest BCUT2D eigenvalue weighted by Crippen LogP contribution is -2.29. The molecule has 0 unspecified atom stereocenters. The average molecular weight is 197 g/mol. The van der Waals surface area contributed by atoms with E-state index < -0.39 is 0 Å². The topological polar surface area (TPSA) is 23.5 Å². The normalized spacial score (nSPS) is 21.9. The van der Waals surface area contributed by atoms with Crippen molar-refractivity contribution >= 4 is 0 Å². The van der Waals surface area contributed by atoms with Crippen LogP contribution in [0.25, 0.3) is 0 Å². The summed E-state index contributed by atoms with van der Waals surface area (Å²) in [5.41, 5.74) is 0. The van der Waals surface area contributed by atoms with Gasteiger partial charge in [-0.3, -0.25) is 0 Å². The monoisotopic (exact) mass is 197 g/mol. The van der Waals surface area contributed by atoms with E-state index in [0.29, 0.717) is 6.61 Å². The van der Waals surface area contributed by atoms with Gasteiger partial charge in [0, 0.05) is 19.2 Å². The second kappa shape index (κ2) is 5.13. The molecule has 0 heterocycles. The van der Waals surface area contributed by atoms with Crippen LogP contribution >= 0.6 is 0 Å². The summed E-state index contributed by atoms with van der Waals surface area (Å²) < 4.78 is 0. The molecule has 0 radical (unpaired) electrons. The van der Waals surface area contributed by atoms with Gasteiger partial charge in [-0.1, -0.05) is 0 Å². The molecule has 2 heteroatoms. The third-order valence-corrected chi connectivity index (χ3v) is 3.36.